The molecule has 0 amide bonds. The molecule has 2 heterocycles. The molecule has 0 aromatic rings. The number of likely N-dealkylation sites (tertiary alicyclic amines) is 2. The first-order valence-electron chi connectivity index (χ1n) is 6.46. The van der Waals surface area contributed by atoms with Gasteiger partial charge < -0.3 is 10.6 Å². The quantitative estimate of drug-likeness (QED) is 0.745. The van der Waals surface area contributed by atoms with Crippen molar-refractivity contribution in [2.75, 3.05) is 39.3 Å². The Hall–Kier alpha value is -0.120. The van der Waals surface area contributed by atoms with Crippen LogP contribution in [0.3, 0.4) is 0 Å². The molecule has 2 aliphatic rings. The van der Waals surface area contributed by atoms with Crippen LogP contribution in [0.2, 0.25) is 0 Å². The number of rotatable bonds is 4. The second kappa shape index (κ2) is 5.28. The Balaban J connectivity index is 1.62. The lowest BCUT2D eigenvalue weighted by atomic mass is 9.96. The highest BCUT2D eigenvalue weighted by Crippen LogP contribution is 2.22. The maximum absolute atomic E-state index is 5.51. The molecule has 2 aliphatic heterocycles. The van der Waals surface area contributed by atoms with Crippen LogP contribution in [0.5, 0.6) is 0 Å². The molecule has 0 saturated carbocycles. The van der Waals surface area contributed by atoms with Gasteiger partial charge in [0.15, 0.2) is 0 Å². The second-order valence-corrected chi connectivity index (χ2v) is 5.27. The van der Waals surface area contributed by atoms with E-state index in [0.717, 1.165) is 24.9 Å². The second-order valence-electron chi connectivity index (χ2n) is 5.27. The Kier molecular flexibility index (Phi) is 4.00. The first-order chi connectivity index (χ1) is 7.29. The standard InChI is InChI=1S/C12H25N3/c1-11-3-7-15(8-4-11)12-9-14(10-12)6-2-5-13/h11-12H,2-10,13H2,1H3. The Morgan fingerprint density at radius 1 is 1.20 bits per heavy atom. The van der Waals surface area contributed by atoms with Gasteiger partial charge in [0.25, 0.3) is 0 Å². The summed E-state index contributed by atoms with van der Waals surface area (Å²) in [5, 5.41) is 0. The third kappa shape index (κ3) is 2.92. The van der Waals surface area contributed by atoms with Crippen molar-refractivity contribution < 1.29 is 0 Å². The van der Waals surface area contributed by atoms with Gasteiger partial charge in [0.2, 0.25) is 0 Å². The van der Waals surface area contributed by atoms with Gasteiger partial charge in [-0.15, -0.1) is 0 Å². The summed E-state index contributed by atoms with van der Waals surface area (Å²) in [4.78, 5) is 5.23. The summed E-state index contributed by atoms with van der Waals surface area (Å²) in [6.45, 7) is 9.65. The summed E-state index contributed by atoms with van der Waals surface area (Å²) in [6.07, 6.45) is 3.96. The van der Waals surface area contributed by atoms with E-state index in [2.05, 4.69) is 16.7 Å². The average Bonchev–Trinajstić information content (AvgIpc) is 2.18. The predicted molar refractivity (Wildman–Crippen MR) is 63.9 cm³/mol. The summed E-state index contributed by atoms with van der Waals surface area (Å²) in [6, 6.07) is 0.857. The van der Waals surface area contributed by atoms with E-state index >= 15 is 0 Å². The zero-order valence-electron chi connectivity index (χ0n) is 9.99. The van der Waals surface area contributed by atoms with E-state index in [1.165, 1.54) is 45.6 Å². The van der Waals surface area contributed by atoms with Gasteiger partial charge in [0, 0.05) is 19.1 Å². The van der Waals surface area contributed by atoms with Crippen LogP contribution in [-0.4, -0.2) is 55.1 Å². The number of hydrogen-bond donors (Lipinski definition) is 1. The highest BCUT2D eigenvalue weighted by atomic mass is 15.3. The van der Waals surface area contributed by atoms with Gasteiger partial charge in [0.05, 0.1) is 0 Å². The maximum atomic E-state index is 5.51. The summed E-state index contributed by atoms with van der Waals surface area (Å²) in [7, 11) is 0. The molecule has 2 N–H and O–H groups in total. The normalized spacial score (nSPS) is 26.8. The smallest absolute Gasteiger partial charge is 0.0350 e. The monoisotopic (exact) mass is 211 g/mol. The molecular formula is C12H25N3. The van der Waals surface area contributed by atoms with E-state index in [4.69, 9.17) is 5.73 Å². The van der Waals surface area contributed by atoms with Crippen LogP contribution in [-0.2, 0) is 0 Å². The third-order valence-corrected chi connectivity index (χ3v) is 3.95. The van der Waals surface area contributed by atoms with Crippen molar-refractivity contribution in [3.8, 4) is 0 Å². The minimum Gasteiger partial charge on any atom is -0.330 e. The lowest BCUT2D eigenvalue weighted by Crippen LogP contribution is -2.60. The van der Waals surface area contributed by atoms with E-state index in [0.29, 0.717) is 0 Å². The number of hydrogen-bond acceptors (Lipinski definition) is 3. The van der Waals surface area contributed by atoms with Crippen molar-refractivity contribution in [2.45, 2.75) is 32.2 Å². The zero-order valence-corrected chi connectivity index (χ0v) is 9.99. The SMILES string of the molecule is CC1CCN(C2CN(CCCN)C2)CC1. The van der Waals surface area contributed by atoms with Gasteiger partial charge in [-0.05, 0) is 51.4 Å². The Bertz CT molecular complexity index is 181. The summed E-state index contributed by atoms with van der Waals surface area (Å²) in [5.41, 5.74) is 5.51. The van der Waals surface area contributed by atoms with Crippen molar-refractivity contribution in [3.05, 3.63) is 0 Å². The van der Waals surface area contributed by atoms with E-state index < -0.39 is 0 Å². The van der Waals surface area contributed by atoms with Crippen LogP contribution in [0.25, 0.3) is 0 Å². The van der Waals surface area contributed by atoms with Crippen molar-refractivity contribution in [1.82, 2.24) is 9.80 Å². The highest BCUT2D eigenvalue weighted by molar-refractivity contribution is 4.89. The molecular weight excluding hydrogens is 186 g/mol. The van der Waals surface area contributed by atoms with Gasteiger partial charge in [-0.2, -0.15) is 0 Å². The molecule has 0 bridgehead atoms. The Morgan fingerprint density at radius 3 is 2.47 bits per heavy atom. The summed E-state index contributed by atoms with van der Waals surface area (Å²) < 4.78 is 0. The molecule has 0 aliphatic carbocycles. The van der Waals surface area contributed by atoms with Gasteiger partial charge in [-0.1, -0.05) is 6.92 Å². The maximum Gasteiger partial charge on any atom is 0.0350 e. The van der Waals surface area contributed by atoms with Crippen molar-refractivity contribution in [1.29, 1.82) is 0 Å². The van der Waals surface area contributed by atoms with Crippen molar-refractivity contribution in [2.24, 2.45) is 11.7 Å². The van der Waals surface area contributed by atoms with E-state index in [-0.39, 0.29) is 0 Å². The molecule has 0 atom stereocenters. The van der Waals surface area contributed by atoms with Gasteiger partial charge in [-0.3, -0.25) is 4.90 Å². The fourth-order valence-corrected chi connectivity index (χ4v) is 2.66. The molecule has 2 saturated heterocycles. The first kappa shape index (κ1) is 11.4. The number of nitrogens with two attached hydrogens (primary N) is 1. The van der Waals surface area contributed by atoms with Crippen molar-refractivity contribution in [3.63, 3.8) is 0 Å². The summed E-state index contributed by atoms with van der Waals surface area (Å²) >= 11 is 0. The largest absolute Gasteiger partial charge is 0.330 e. The van der Waals surface area contributed by atoms with Crippen LogP contribution in [0.1, 0.15) is 26.2 Å². The van der Waals surface area contributed by atoms with E-state index in [9.17, 15) is 0 Å². The molecule has 0 radical (unpaired) electrons. The lowest BCUT2D eigenvalue weighted by Gasteiger charge is -2.47. The first-order valence-corrected chi connectivity index (χ1v) is 6.46. The van der Waals surface area contributed by atoms with E-state index in [1.54, 1.807) is 0 Å². The third-order valence-electron chi connectivity index (χ3n) is 3.95. The molecule has 0 spiro atoms. The van der Waals surface area contributed by atoms with E-state index in [1.807, 2.05) is 0 Å². The van der Waals surface area contributed by atoms with Crippen LogP contribution in [0, 0.1) is 5.92 Å². The van der Waals surface area contributed by atoms with Crippen LogP contribution in [0.4, 0.5) is 0 Å². The van der Waals surface area contributed by atoms with Gasteiger partial charge in [-0.25, -0.2) is 0 Å². The molecule has 2 rings (SSSR count). The average molecular weight is 211 g/mol. The minimum atomic E-state index is 0.836. The van der Waals surface area contributed by atoms with Crippen LogP contribution < -0.4 is 5.73 Å². The lowest BCUT2D eigenvalue weighted by molar-refractivity contribution is 0.0160. The molecule has 88 valence electrons. The molecule has 0 unspecified atom stereocenters. The molecule has 3 heteroatoms. The fraction of sp³-hybridized carbons (Fsp3) is 1.00. The Morgan fingerprint density at radius 2 is 1.87 bits per heavy atom. The van der Waals surface area contributed by atoms with Crippen LogP contribution in [0.15, 0.2) is 0 Å². The highest BCUT2D eigenvalue weighted by Gasteiger charge is 2.32. The van der Waals surface area contributed by atoms with Gasteiger partial charge >= 0.3 is 0 Å². The molecule has 3 nitrogen and oxygen atoms in total. The number of nitrogens with zero attached hydrogens (tertiary/aromatic N) is 2. The summed E-state index contributed by atoms with van der Waals surface area (Å²) in [5.74, 6) is 0.953. The predicted octanol–water partition coefficient (Wildman–Crippen LogP) is 0.751. The van der Waals surface area contributed by atoms with Crippen molar-refractivity contribution >= 4 is 0 Å². The fourth-order valence-electron chi connectivity index (χ4n) is 2.66. The van der Waals surface area contributed by atoms with Crippen LogP contribution >= 0.6 is 0 Å². The minimum absolute atomic E-state index is 0.836. The molecule has 2 fully saturated rings. The topological polar surface area (TPSA) is 32.5 Å². The molecule has 0 aromatic heterocycles. The van der Waals surface area contributed by atoms with Gasteiger partial charge in [0.1, 0.15) is 0 Å². The molecule has 15 heavy (non-hydrogen) atoms. The Labute approximate surface area is 93.6 Å². The zero-order chi connectivity index (χ0) is 10.7. The molecule has 0 aromatic carbocycles. The number of piperidine rings is 1.